The van der Waals surface area contributed by atoms with Crippen molar-refractivity contribution in [3.63, 3.8) is 0 Å². The van der Waals surface area contributed by atoms with Crippen LogP contribution in [0.5, 0.6) is 5.75 Å². The van der Waals surface area contributed by atoms with Gasteiger partial charge >= 0.3 is 0 Å². The highest BCUT2D eigenvalue weighted by Gasteiger charge is 2.32. The Kier molecular flexibility index (Phi) is 8.12. The van der Waals surface area contributed by atoms with E-state index in [9.17, 15) is 9.18 Å². The maximum atomic E-state index is 13.5. The van der Waals surface area contributed by atoms with E-state index >= 15 is 0 Å². The molecular formula is C29H35FN6O2. The molecule has 2 aromatic carbocycles. The van der Waals surface area contributed by atoms with E-state index in [2.05, 4.69) is 32.3 Å². The lowest BCUT2D eigenvalue weighted by molar-refractivity contribution is 0.0812. The van der Waals surface area contributed by atoms with Crippen molar-refractivity contribution in [1.29, 1.82) is 0 Å². The van der Waals surface area contributed by atoms with Crippen LogP contribution < -0.4 is 10.3 Å². The van der Waals surface area contributed by atoms with E-state index in [1.807, 2.05) is 28.9 Å². The predicted molar refractivity (Wildman–Crippen MR) is 145 cm³/mol. The first-order valence-electron chi connectivity index (χ1n) is 13.5. The van der Waals surface area contributed by atoms with Crippen molar-refractivity contribution in [3.8, 4) is 5.75 Å². The van der Waals surface area contributed by atoms with E-state index in [-0.39, 0.29) is 17.4 Å². The Balaban J connectivity index is 1.52. The molecule has 0 spiro atoms. The summed E-state index contributed by atoms with van der Waals surface area (Å²) in [7, 11) is 1.64. The number of tetrazole rings is 1. The fourth-order valence-corrected chi connectivity index (χ4v) is 5.62. The summed E-state index contributed by atoms with van der Waals surface area (Å²) in [5.41, 5.74) is 2.36. The average Bonchev–Trinajstić information content (AvgIpc) is 3.40. The minimum atomic E-state index is -0.267. The summed E-state index contributed by atoms with van der Waals surface area (Å²) in [5.74, 6) is 1.26. The number of hydrogen-bond donors (Lipinski definition) is 1. The van der Waals surface area contributed by atoms with Gasteiger partial charge in [-0.05, 0) is 71.7 Å². The van der Waals surface area contributed by atoms with Gasteiger partial charge in [-0.25, -0.2) is 9.07 Å². The van der Waals surface area contributed by atoms with Crippen LogP contribution in [0.4, 0.5) is 4.39 Å². The molecule has 2 heterocycles. The van der Waals surface area contributed by atoms with Crippen LogP contribution in [0.1, 0.15) is 74.9 Å². The first kappa shape index (κ1) is 26.0. The van der Waals surface area contributed by atoms with E-state index < -0.39 is 0 Å². The van der Waals surface area contributed by atoms with Gasteiger partial charge in [0.1, 0.15) is 11.6 Å². The largest absolute Gasteiger partial charge is 0.497 e. The number of H-pyrrole nitrogens is 1. The number of fused-ring (bicyclic) bond motifs is 1. The molecule has 200 valence electrons. The number of hydrogen-bond acceptors (Lipinski definition) is 6. The number of rotatable bonds is 10. The highest BCUT2D eigenvalue weighted by molar-refractivity contribution is 5.80. The summed E-state index contributed by atoms with van der Waals surface area (Å²) in [6.45, 7) is 3.12. The summed E-state index contributed by atoms with van der Waals surface area (Å²) in [6, 6.07) is 14.4. The number of halogens is 1. The third kappa shape index (κ3) is 5.78. The Morgan fingerprint density at radius 2 is 1.92 bits per heavy atom. The van der Waals surface area contributed by atoms with Gasteiger partial charge < -0.3 is 9.72 Å². The molecule has 38 heavy (non-hydrogen) atoms. The monoisotopic (exact) mass is 518 g/mol. The zero-order valence-electron chi connectivity index (χ0n) is 22.1. The summed E-state index contributed by atoms with van der Waals surface area (Å²) < 4.78 is 20.7. The van der Waals surface area contributed by atoms with Crippen molar-refractivity contribution in [3.05, 3.63) is 81.7 Å². The van der Waals surface area contributed by atoms with Gasteiger partial charge in [-0.3, -0.25) is 9.69 Å². The number of nitrogens with zero attached hydrogens (tertiary/aromatic N) is 5. The smallest absolute Gasteiger partial charge is 0.252 e. The van der Waals surface area contributed by atoms with Crippen molar-refractivity contribution < 1.29 is 9.13 Å². The number of nitrogens with one attached hydrogen (secondary N) is 1. The molecule has 0 radical (unpaired) electrons. The van der Waals surface area contributed by atoms with Crippen LogP contribution in [0, 0.1) is 5.82 Å². The Labute approximate surface area is 221 Å². The molecule has 0 bridgehead atoms. The highest BCUT2D eigenvalue weighted by Crippen LogP contribution is 2.34. The predicted octanol–water partition coefficient (Wildman–Crippen LogP) is 5.39. The van der Waals surface area contributed by atoms with E-state index in [1.165, 1.54) is 31.4 Å². The van der Waals surface area contributed by atoms with Crippen LogP contribution in [0.2, 0.25) is 0 Å². The van der Waals surface area contributed by atoms with Crippen LogP contribution >= 0.6 is 0 Å². The normalized spacial score (nSPS) is 15.3. The van der Waals surface area contributed by atoms with E-state index in [0.29, 0.717) is 19.1 Å². The lowest BCUT2D eigenvalue weighted by atomic mass is 9.91. The third-order valence-corrected chi connectivity index (χ3v) is 7.59. The van der Waals surface area contributed by atoms with Crippen molar-refractivity contribution in [1.82, 2.24) is 30.1 Å². The molecule has 0 aliphatic heterocycles. The number of aromatic nitrogens is 5. The fraction of sp³-hybridized carbons (Fsp3) is 0.448. The summed E-state index contributed by atoms with van der Waals surface area (Å²) in [5, 5.41) is 13.8. The molecule has 2 aromatic heterocycles. The summed E-state index contributed by atoms with van der Waals surface area (Å²) >= 11 is 0. The van der Waals surface area contributed by atoms with Gasteiger partial charge in [0.15, 0.2) is 5.82 Å². The van der Waals surface area contributed by atoms with E-state index in [0.717, 1.165) is 59.3 Å². The molecule has 1 saturated carbocycles. The highest BCUT2D eigenvalue weighted by atomic mass is 19.1. The molecule has 5 rings (SSSR count). The fourth-order valence-electron chi connectivity index (χ4n) is 5.62. The van der Waals surface area contributed by atoms with Crippen molar-refractivity contribution in [2.45, 2.75) is 77.0 Å². The van der Waals surface area contributed by atoms with Gasteiger partial charge in [-0.2, -0.15) is 0 Å². The first-order valence-corrected chi connectivity index (χ1v) is 13.5. The van der Waals surface area contributed by atoms with Gasteiger partial charge in [-0.1, -0.05) is 44.7 Å². The second kappa shape index (κ2) is 11.9. The topological polar surface area (TPSA) is 88.9 Å². The minimum absolute atomic E-state index is 0.0565. The number of aromatic amines is 1. The first-order chi connectivity index (χ1) is 18.6. The second-order valence-electron chi connectivity index (χ2n) is 10.2. The minimum Gasteiger partial charge on any atom is -0.497 e. The molecule has 4 aromatic rings. The van der Waals surface area contributed by atoms with Crippen LogP contribution in [0.25, 0.3) is 10.9 Å². The Morgan fingerprint density at radius 1 is 1.13 bits per heavy atom. The van der Waals surface area contributed by atoms with Gasteiger partial charge in [0, 0.05) is 29.1 Å². The molecule has 1 aliphatic rings. The van der Waals surface area contributed by atoms with Crippen LogP contribution in [-0.2, 0) is 13.1 Å². The van der Waals surface area contributed by atoms with Gasteiger partial charge in [-0.15, -0.1) is 5.10 Å². The zero-order chi connectivity index (χ0) is 26.5. The average molecular weight is 519 g/mol. The van der Waals surface area contributed by atoms with Gasteiger partial charge in [0.25, 0.3) is 5.56 Å². The molecule has 0 saturated heterocycles. The number of methoxy groups -OCH3 is 1. The number of ether oxygens (including phenoxy) is 1. The summed E-state index contributed by atoms with van der Waals surface area (Å²) in [6.07, 6.45) is 7.55. The molecule has 1 N–H and O–H groups in total. The molecule has 9 heteroatoms. The quantitative estimate of drug-likeness (QED) is 0.303. The van der Waals surface area contributed by atoms with E-state index in [1.54, 1.807) is 19.2 Å². The number of benzene rings is 2. The zero-order valence-corrected chi connectivity index (χ0v) is 22.1. The molecule has 1 fully saturated rings. The number of pyridine rings is 1. The second-order valence-corrected chi connectivity index (χ2v) is 10.2. The molecule has 1 unspecified atom stereocenters. The molecule has 8 nitrogen and oxygen atoms in total. The Hall–Kier alpha value is -3.59. The maximum Gasteiger partial charge on any atom is 0.252 e. The molecule has 1 atom stereocenters. The van der Waals surface area contributed by atoms with E-state index in [4.69, 9.17) is 4.74 Å². The maximum absolute atomic E-state index is 13.5. The van der Waals surface area contributed by atoms with Crippen LogP contribution in [0.3, 0.4) is 0 Å². The van der Waals surface area contributed by atoms with Crippen molar-refractivity contribution >= 4 is 10.9 Å². The molecule has 0 amide bonds. The lowest BCUT2D eigenvalue weighted by Crippen LogP contribution is -2.41. The Bertz CT molecular complexity index is 1410. The summed E-state index contributed by atoms with van der Waals surface area (Å²) in [4.78, 5) is 18.7. The van der Waals surface area contributed by atoms with Gasteiger partial charge in [0.05, 0.1) is 19.7 Å². The van der Waals surface area contributed by atoms with Crippen molar-refractivity contribution in [2.24, 2.45) is 0 Å². The Morgan fingerprint density at radius 3 is 2.66 bits per heavy atom. The standard InChI is InChI=1S/C29H35FN6O2/c1-3-7-27(28-32-33-34-36(28)18-20-10-12-23(30)13-11-20)35(24-8-5-4-6-9-24)19-22-16-21-17-25(38-2)14-15-26(21)31-29(22)37/h10-17,24,27H,3-9,18-19H2,1-2H3,(H,31,37). The molecular weight excluding hydrogens is 483 g/mol. The third-order valence-electron chi connectivity index (χ3n) is 7.59. The van der Waals surface area contributed by atoms with Crippen LogP contribution in [-0.4, -0.2) is 43.2 Å². The lowest BCUT2D eigenvalue weighted by Gasteiger charge is -2.39. The van der Waals surface area contributed by atoms with Crippen molar-refractivity contribution in [2.75, 3.05) is 7.11 Å². The SMILES string of the molecule is CCCC(c1nnnn1Cc1ccc(F)cc1)N(Cc1cc2cc(OC)ccc2[nH]c1=O)C1CCCCC1. The molecule has 1 aliphatic carbocycles. The van der Waals surface area contributed by atoms with Gasteiger partial charge in [0.2, 0.25) is 0 Å². The van der Waals surface area contributed by atoms with Crippen LogP contribution in [0.15, 0.2) is 53.3 Å².